The van der Waals surface area contributed by atoms with Gasteiger partial charge in [0.15, 0.2) is 5.70 Å². The van der Waals surface area contributed by atoms with Gasteiger partial charge in [0.1, 0.15) is 5.75 Å². The Balaban J connectivity index is 1.50. The van der Waals surface area contributed by atoms with Crippen LogP contribution in [0.1, 0.15) is 24.0 Å². The van der Waals surface area contributed by atoms with Crippen LogP contribution < -0.4 is 9.64 Å². The van der Waals surface area contributed by atoms with Crippen LogP contribution in [0.15, 0.2) is 59.2 Å². The van der Waals surface area contributed by atoms with Crippen LogP contribution in [0.5, 0.6) is 5.75 Å². The number of hydrogen-bond donors (Lipinski definition) is 0. The molecule has 0 aromatic heterocycles. The molecule has 1 fully saturated rings. The Bertz CT molecular complexity index is 1040. The summed E-state index contributed by atoms with van der Waals surface area (Å²) in [5.74, 6) is -0.842. The molecule has 2 aromatic rings. The van der Waals surface area contributed by atoms with Gasteiger partial charge in [0, 0.05) is 24.2 Å². The number of cyclic esters (lactones) is 1. The van der Waals surface area contributed by atoms with E-state index in [0.29, 0.717) is 24.1 Å². The highest BCUT2D eigenvalue weighted by molar-refractivity contribution is 6.13. The molecular formula is C21H15F3N2O4. The van der Waals surface area contributed by atoms with Crippen molar-refractivity contribution >= 4 is 29.5 Å². The molecular weight excluding hydrogens is 401 g/mol. The average Bonchev–Trinajstić information content (AvgIpc) is 3.28. The van der Waals surface area contributed by atoms with Crippen molar-refractivity contribution in [1.29, 1.82) is 0 Å². The standard InChI is InChI=1S/C21H15F3N2O4/c22-21(23,24)30-16-9-3-13(4-10-16)12-17-20(28)29-19(25-17)14-5-7-15(8-6-14)26-11-1-2-18(26)27/h3-10,12H,1-2,11H2/b17-12-. The van der Waals surface area contributed by atoms with Crippen molar-refractivity contribution in [3.8, 4) is 5.75 Å². The van der Waals surface area contributed by atoms with E-state index in [2.05, 4.69) is 9.73 Å². The number of alkyl halides is 3. The molecule has 0 N–H and O–H groups in total. The minimum atomic E-state index is -4.77. The van der Waals surface area contributed by atoms with Crippen LogP contribution in [0.2, 0.25) is 0 Å². The maximum Gasteiger partial charge on any atom is 0.573 e. The summed E-state index contributed by atoms with van der Waals surface area (Å²) >= 11 is 0. The first-order chi connectivity index (χ1) is 14.3. The van der Waals surface area contributed by atoms with Gasteiger partial charge in [0.25, 0.3) is 0 Å². The molecule has 0 aliphatic carbocycles. The van der Waals surface area contributed by atoms with Crippen molar-refractivity contribution < 1.29 is 32.2 Å². The first-order valence-electron chi connectivity index (χ1n) is 9.08. The highest BCUT2D eigenvalue weighted by atomic mass is 19.4. The number of carbonyl (C=O) groups excluding carboxylic acids is 2. The molecule has 0 bridgehead atoms. The Labute approximate surface area is 169 Å². The van der Waals surface area contributed by atoms with Gasteiger partial charge in [0.2, 0.25) is 11.8 Å². The molecule has 2 aromatic carbocycles. The fourth-order valence-corrected chi connectivity index (χ4v) is 3.16. The number of esters is 1. The minimum absolute atomic E-state index is 0.0216. The Morgan fingerprint density at radius 2 is 1.73 bits per heavy atom. The van der Waals surface area contributed by atoms with Crippen LogP contribution in [0.25, 0.3) is 6.08 Å². The Morgan fingerprint density at radius 1 is 1.03 bits per heavy atom. The molecule has 2 heterocycles. The predicted octanol–water partition coefficient (Wildman–Crippen LogP) is 4.06. The first kappa shape index (κ1) is 19.7. The van der Waals surface area contributed by atoms with Gasteiger partial charge >= 0.3 is 12.3 Å². The average molecular weight is 416 g/mol. The summed E-state index contributed by atoms with van der Waals surface area (Å²) in [6.07, 6.45) is -2.01. The summed E-state index contributed by atoms with van der Waals surface area (Å²) in [6, 6.07) is 12.0. The number of hydrogen-bond acceptors (Lipinski definition) is 5. The highest BCUT2D eigenvalue weighted by Gasteiger charge is 2.31. The number of carbonyl (C=O) groups is 2. The summed E-state index contributed by atoms with van der Waals surface area (Å²) in [5, 5.41) is 0. The van der Waals surface area contributed by atoms with Gasteiger partial charge in [-0.25, -0.2) is 9.79 Å². The molecule has 1 amide bonds. The summed E-state index contributed by atoms with van der Waals surface area (Å²) in [7, 11) is 0. The lowest BCUT2D eigenvalue weighted by molar-refractivity contribution is -0.274. The smallest absolute Gasteiger partial charge is 0.406 e. The third-order valence-electron chi connectivity index (χ3n) is 4.54. The molecule has 2 aliphatic heterocycles. The maximum absolute atomic E-state index is 12.2. The number of aliphatic imine (C=N–C) groups is 1. The highest BCUT2D eigenvalue weighted by Crippen LogP contribution is 2.26. The molecule has 4 rings (SSSR count). The molecule has 6 nitrogen and oxygen atoms in total. The fraction of sp³-hybridized carbons (Fsp3) is 0.190. The zero-order valence-electron chi connectivity index (χ0n) is 15.5. The van der Waals surface area contributed by atoms with E-state index in [0.717, 1.165) is 24.2 Å². The van der Waals surface area contributed by atoms with Gasteiger partial charge in [-0.05, 0) is 54.5 Å². The van der Waals surface area contributed by atoms with Gasteiger partial charge in [0.05, 0.1) is 0 Å². The van der Waals surface area contributed by atoms with Crippen molar-refractivity contribution in [3.05, 3.63) is 65.4 Å². The second-order valence-corrected chi connectivity index (χ2v) is 6.65. The van der Waals surface area contributed by atoms with E-state index in [1.54, 1.807) is 29.2 Å². The molecule has 0 spiro atoms. The zero-order chi connectivity index (χ0) is 21.3. The van der Waals surface area contributed by atoms with Crippen molar-refractivity contribution in [2.24, 2.45) is 4.99 Å². The second kappa shape index (κ2) is 7.66. The van der Waals surface area contributed by atoms with Crippen molar-refractivity contribution in [2.75, 3.05) is 11.4 Å². The monoisotopic (exact) mass is 416 g/mol. The van der Waals surface area contributed by atoms with Gasteiger partial charge < -0.3 is 14.4 Å². The van der Waals surface area contributed by atoms with Crippen molar-refractivity contribution in [2.45, 2.75) is 19.2 Å². The number of anilines is 1. The third-order valence-corrected chi connectivity index (χ3v) is 4.54. The van der Waals surface area contributed by atoms with E-state index < -0.39 is 12.3 Å². The van der Waals surface area contributed by atoms with Crippen LogP contribution in [0.3, 0.4) is 0 Å². The Morgan fingerprint density at radius 3 is 2.33 bits per heavy atom. The molecule has 0 radical (unpaired) electrons. The van der Waals surface area contributed by atoms with E-state index in [1.807, 2.05) is 0 Å². The molecule has 30 heavy (non-hydrogen) atoms. The van der Waals surface area contributed by atoms with E-state index in [-0.39, 0.29) is 23.3 Å². The lowest BCUT2D eigenvalue weighted by atomic mass is 10.2. The lowest BCUT2D eigenvalue weighted by Gasteiger charge is -2.15. The maximum atomic E-state index is 12.2. The normalized spacial score (nSPS) is 18.0. The van der Waals surface area contributed by atoms with Gasteiger partial charge in [-0.3, -0.25) is 4.79 Å². The fourth-order valence-electron chi connectivity index (χ4n) is 3.16. The summed E-state index contributed by atoms with van der Waals surface area (Å²) in [5.41, 5.74) is 1.82. The molecule has 1 saturated heterocycles. The van der Waals surface area contributed by atoms with E-state index in [1.165, 1.54) is 18.2 Å². The van der Waals surface area contributed by atoms with E-state index >= 15 is 0 Å². The number of benzene rings is 2. The molecule has 0 atom stereocenters. The Hall–Kier alpha value is -3.62. The number of nitrogens with zero attached hydrogens (tertiary/aromatic N) is 2. The van der Waals surface area contributed by atoms with Gasteiger partial charge in [-0.15, -0.1) is 13.2 Å². The number of ether oxygens (including phenoxy) is 2. The zero-order valence-corrected chi connectivity index (χ0v) is 15.5. The third kappa shape index (κ3) is 4.35. The predicted molar refractivity (Wildman–Crippen MR) is 102 cm³/mol. The van der Waals surface area contributed by atoms with Crippen LogP contribution in [0, 0.1) is 0 Å². The van der Waals surface area contributed by atoms with Crippen LogP contribution in [-0.2, 0) is 14.3 Å². The van der Waals surface area contributed by atoms with Crippen molar-refractivity contribution in [3.63, 3.8) is 0 Å². The number of halogens is 3. The van der Waals surface area contributed by atoms with Crippen LogP contribution in [0.4, 0.5) is 18.9 Å². The van der Waals surface area contributed by atoms with Crippen molar-refractivity contribution in [1.82, 2.24) is 0 Å². The first-order valence-corrected chi connectivity index (χ1v) is 9.08. The van der Waals surface area contributed by atoms with Crippen LogP contribution >= 0.6 is 0 Å². The largest absolute Gasteiger partial charge is 0.573 e. The molecule has 154 valence electrons. The van der Waals surface area contributed by atoms with Gasteiger partial charge in [-0.2, -0.15) is 0 Å². The molecule has 0 unspecified atom stereocenters. The number of rotatable bonds is 4. The Kier molecular flexibility index (Phi) is 5.03. The van der Waals surface area contributed by atoms with E-state index in [9.17, 15) is 22.8 Å². The lowest BCUT2D eigenvalue weighted by Crippen LogP contribution is -2.23. The SMILES string of the molecule is O=C1OC(c2ccc(N3CCCC3=O)cc2)=N/C1=C\c1ccc(OC(F)(F)F)cc1. The molecule has 2 aliphatic rings. The molecule has 9 heteroatoms. The van der Waals surface area contributed by atoms with E-state index in [4.69, 9.17) is 4.74 Å². The van der Waals surface area contributed by atoms with Gasteiger partial charge in [-0.1, -0.05) is 12.1 Å². The molecule has 0 saturated carbocycles. The number of amides is 1. The quantitative estimate of drug-likeness (QED) is 0.557. The second-order valence-electron chi connectivity index (χ2n) is 6.65. The topological polar surface area (TPSA) is 68.2 Å². The summed E-state index contributed by atoms with van der Waals surface area (Å²) in [4.78, 5) is 29.8. The minimum Gasteiger partial charge on any atom is -0.406 e. The summed E-state index contributed by atoms with van der Waals surface area (Å²) in [6.45, 7) is 0.674. The van der Waals surface area contributed by atoms with Crippen LogP contribution in [-0.4, -0.2) is 30.7 Å². The summed E-state index contributed by atoms with van der Waals surface area (Å²) < 4.78 is 45.7.